The van der Waals surface area contributed by atoms with Crippen LogP contribution in [0.1, 0.15) is 16.7 Å². The van der Waals surface area contributed by atoms with Crippen molar-refractivity contribution < 1.29 is 4.92 Å². The first-order valence-electron chi connectivity index (χ1n) is 11.1. The van der Waals surface area contributed by atoms with Crippen LogP contribution < -0.4 is 27.4 Å². The predicted octanol–water partition coefficient (Wildman–Crippen LogP) is 6.92. The lowest BCUT2D eigenvalue weighted by atomic mass is 10.1. The number of hydrogen-bond acceptors (Lipinski definition) is 7. The highest BCUT2D eigenvalue weighted by Gasteiger charge is 2.11. The van der Waals surface area contributed by atoms with Crippen LogP contribution >= 0.6 is 0 Å². The summed E-state index contributed by atoms with van der Waals surface area (Å²) in [4.78, 5) is 10.8. The van der Waals surface area contributed by atoms with Gasteiger partial charge >= 0.3 is 0 Å². The largest absolute Gasteiger partial charge is 0.399 e. The second-order valence-corrected chi connectivity index (χ2v) is 8.58. The Kier molecular flexibility index (Phi) is 6.46. The molecule has 4 aromatic carbocycles. The van der Waals surface area contributed by atoms with Crippen LogP contribution in [0.25, 0.3) is 0 Å². The van der Waals surface area contributed by atoms with Crippen molar-refractivity contribution in [3.8, 4) is 0 Å². The number of rotatable bonds is 7. The first kappa shape index (κ1) is 23.4. The lowest BCUT2D eigenvalue weighted by Gasteiger charge is -2.16. The molecule has 8 heteroatoms. The lowest BCUT2D eigenvalue weighted by Crippen LogP contribution is -1.99. The maximum absolute atomic E-state index is 11.2. The van der Waals surface area contributed by atoms with Crippen molar-refractivity contribution in [2.45, 2.75) is 20.8 Å². The van der Waals surface area contributed by atoms with E-state index < -0.39 is 0 Å². The van der Waals surface area contributed by atoms with Crippen molar-refractivity contribution in [1.29, 1.82) is 0 Å². The molecule has 0 radical (unpaired) electrons. The third-order valence-corrected chi connectivity index (χ3v) is 5.73. The van der Waals surface area contributed by atoms with Gasteiger partial charge in [-0.15, -0.1) is 0 Å². The van der Waals surface area contributed by atoms with Gasteiger partial charge in [0, 0.05) is 57.1 Å². The zero-order valence-electron chi connectivity index (χ0n) is 19.8. The smallest absolute Gasteiger partial charge is 0.272 e. The van der Waals surface area contributed by atoms with Crippen LogP contribution in [-0.4, -0.2) is 4.92 Å². The molecule has 0 saturated carbocycles. The minimum atomic E-state index is -0.380. The molecule has 0 aliphatic carbocycles. The van der Waals surface area contributed by atoms with Crippen LogP contribution in [0.3, 0.4) is 0 Å². The number of nitrogen functional groups attached to an aromatic ring is 2. The Balaban J connectivity index is 1.68. The summed E-state index contributed by atoms with van der Waals surface area (Å²) in [6, 6.07) is 22.5. The van der Waals surface area contributed by atoms with Gasteiger partial charge in [0.25, 0.3) is 5.69 Å². The molecule has 0 bridgehead atoms. The molecular formula is C27H28N6O2. The summed E-state index contributed by atoms with van der Waals surface area (Å²) in [5.41, 5.74) is 21.2. The summed E-state index contributed by atoms with van der Waals surface area (Å²) in [5, 5.41) is 21.4. The first-order chi connectivity index (χ1) is 16.7. The highest BCUT2D eigenvalue weighted by Crippen LogP contribution is 2.32. The third kappa shape index (κ3) is 5.62. The van der Waals surface area contributed by atoms with E-state index in [1.54, 1.807) is 19.1 Å². The highest BCUT2D eigenvalue weighted by atomic mass is 16.6. The van der Waals surface area contributed by atoms with Gasteiger partial charge < -0.3 is 27.4 Å². The van der Waals surface area contributed by atoms with Crippen molar-refractivity contribution in [2.75, 3.05) is 27.4 Å². The predicted molar refractivity (Wildman–Crippen MR) is 145 cm³/mol. The molecule has 0 heterocycles. The van der Waals surface area contributed by atoms with Crippen molar-refractivity contribution in [1.82, 2.24) is 0 Å². The molecule has 0 spiro atoms. The average Bonchev–Trinajstić information content (AvgIpc) is 2.78. The summed E-state index contributed by atoms with van der Waals surface area (Å²) >= 11 is 0. The monoisotopic (exact) mass is 468 g/mol. The van der Waals surface area contributed by atoms with Crippen molar-refractivity contribution in [3.63, 3.8) is 0 Å². The second-order valence-electron chi connectivity index (χ2n) is 8.58. The fraction of sp³-hybridized carbons (Fsp3) is 0.111. The summed E-state index contributed by atoms with van der Waals surface area (Å²) < 4.78 is 0. The Morgan fingerprint density at radius 2 is 0.943 bits per heavy atom. The van der Waals surface area contributed by atoms with E-state index >= 15 is 0 Å². The number of nitro benzene ring substituents is 1. The number of nitro groups is 1. The molecule has 0 unspecified atom stereocenters. The molecule has 0 aromatic heterocycles. The SMILES string of the molecule is Cc1cc(Nc2cc(Nc3ccc(N)c(C)c3)cc(Nc3ccc([N+](=O)[O-])c(C)c3)c2)ccc1N. The minimum absolute atomic E-state index is 0.0887. The Hall–Kier alpha value is -4.72. The van der Waals surface area contributed by atoms with E-state index in [-0.39, 0.29) is 10.6 Å². The van der Waals surface area contributed by atoms with Gasteiger partial charge in [0.05, 0.1) is 4.92 Å². The first-order valence-corrected chi connectivity index (χ1v) is 11.1. The van der Waals surface area contributed by atoms with Crippen molar-refractivity contribution in [2.24, 2.45) is 0 Å². The van der Waals surface area contributed by atoms with E-state index in [1.165, 1.54) is 6.07 Å². The maximum Gasteiger partial charge on any atom is 0.272 e. The fourth-order valence-electron chi connectivity index (χ4n) is 3.79. The van der Waals surface area contributed by atoms with Crippen LogP contribution in [0.2, 0.25) is 0 Å². The second kappa shape index (κ2) is 9.64. The Labute approximate surface area is 204 Å². The molecule has 0 aliphatic rings. The molecule has 4 aromatic rings. The fourth-order valence-corrected chi connectivity index (χ4v) is 3.79. The molecular weight excluding hydrogens is 440 g/mol. The number of hydrogen-bond donors (Lipinski definition) is 5. The van der Waals surface area contributed by atoms with E-state index in [1.807, 2.05) is 68.4 Å². The van der Waals surface area contributed by atoms with E-state index in [0.717, 1.165) is 56.6 Å². The van der Waals surface area contributed by atoms with Gasteiger partial charge in [0.1, 0.15) is 0 Å². The Morgan fingerprint density at radius 3 is 1.29 bits per heavy atom. The molecule has 35 heavy (non-hydrogen) atoms. The number of nitrogens with one attached hydrogen (secondary N) is 3. The van der Waals surface area contributed by atoms with Crippen LogP contribution in [0.4, 0.5) is 51.2 Å². The topological polar surface area (TPSA) is 131 Å². The number of nitrogens with two attached hydrogens (primary N) is 2. The van der Waals surface area contributed by atoms with Gasteiger partial charge in [0.15, 0.2) is 0 Å². The van der Waals surface area contributed by atoms with Gasteiger partial charge in [-0.1, -0.05) is 0 Å². The highest BCUT2D eigenvalue weighted by molar-refractivity contribution is 5.77. The van der Waals surface area contributed by atoms with Crippen molar-refractivity contribution in [3.05, 3.63) is 99.6 Å². The summed E-state index contributed by atoms with van der Waals surface area (Å²) in [6.45, 7) is 5.65. The molecule has 0 saturated heterocycles. The molecule has 0 fully saturated rings. The van der Waals surface area contributed by atoms with Gasteiger partial charge in [-0.3, -0.25) is 10.1 Å². The quantitative estimate of drug-likeness (QED) is 0.113. The molecule has 8 nitrogen and oxygen atoms in total. The van der Waals surface area contributed by atoms with E-state index in [0.29, 0.717) is 5.56 Å². The Bertz CT molecular complexity index is 1350. The lowest BCUT2D eigenvalue weighted by molar-refractivity contribution is -0.385. The van der Waals surface area contributed by atoms with Gasteiger partial charge in [0.2, 0.25) is 0 Å². The van der Waals surface area contributed by atoms with Crippen molar-refractivity contribution >= 4 is 51.2 Å². The molecule has 4 rings (SSSR count). The summed E-state index contributed by atoms with van der Waals surface area (Å²) in [7, 11) is 0. The van der Waals surface area contributed by atoms with Crippen LogP contribution in [-0.2, 0) is 0 Å². The molecule has 178 valence electrons. The molecule has 0 aliphatic heterocycles. The average molecular weight is 469 g/mol. The normalized spacial score (nSPS) is 10.6. The van der Waals surface area contributed by atoms with Gasteiger partial charge in [-0.25, -0.2) is 0 Å². The molecule has 7 N–H and O–H groups in total. The molecule has 0 atom stereocenters. The van der Waals surface area contributed by atoms with Crippen LogP contribution in [0.15, 0.2) is 72.8 Å². The number of benzene rings is 4. The van der Waals surface area contributed by atoms with E-state index in [9.17, 15) is 10.1 Å². The van der Waals surface area contributed by atoms with Crippen LogP contribution in [0.5, 0.6) is 0 Å². The zero-order valence-corrected chi connectivity index (χ0v) is 19.8. The third-order valence-electron chi connectivity index (χ3n) is 5.73. The molecule has 0 amide bonds. The summed E-state index contributed by atoms with van der Waals surface area (Å²) in [6.07, 6.45) is 0. The number of anilines is 8. The summed E-state index contributed by atoms with van der Waals surface area (Å²) in [5.74, 6) is 0. The van der Waals surface area contributed by atoms with Crippen LogP contribution in [0, 0.1) is 30.9 Å². The minimum Gasteiger partial charge on any atom is -0.399 e. The number of nitrogens with zero attached hydrogens (tertiary/aromatic N) is 1. The van der Waals surface area contributed by atoms with Gasteiger partial charge in [-0.2, -0.15) is 0 Å². The zero-order chi connectivity index (χ0) is 25.1. The van der Waals surface area contributed by atoms with E-state index in [4.69, 9.17) is 11.5 Å². The maximum atomic E-state index is 11.2. The number of aryl methyl sites for hydroxylation is 3. The Morgan fingerprint density at radius 1 is 0.571 bits per heavy atom. The standard InChI is InChI=1S/C27H28N6O2/c1-16-10-19(4-7-25(16)28)30-22-13-23(31-20-5-8-26(29)17(2)11-20)15-24(14-22)32-21-6-9-27(33(34)35)18(3)12-21/h4-15,30-32H,28-29H2,1-3H3. The van der Waals surface area contributed by atoms with Gasteiger partial charge in [-0.05, 0) is 98.6 Å². The van der Waals surface area contributed by atoms with E-state index in [2.05, 4.69) is 16.0 Å².